The van der Waals surface area contributed by atoms with Crippen LogP contribution < -0.4 is 24.8 Å². The van der Waals surface area contributed by atoms with Crippen LogP contribution in [0.3, 0.4) is 0 Å². The fraction of sp³-hybridized carbons (Fsp3) is 0.0556. The number of hydrogen-bond acceptors (Lipinski definition) is 2. The second-order valence-electron chi connectivity index (χ2n) is 9.82. The molecule has 0 fully saturated rings. The first-order chi connectivity index (χ1) is 18.7. The maximum Gasteiger partial charge on any atom is 4.00 e. The Morgan fingerprint density at radius 3 is 1.29 bits per heavy atom. The third-order valence-electron chi connectivity index (χ3n) is 7.33. The van der Waals surface area contributed by atoms with E-state index in [1.54, 1.807) is 0 Å². The van der Waals surface area contributed by atoms with Crippen LogP contribution in [0.25, 0.3) is 65.7 Å². The number of rotatable bonds is 2. The third-order valence-corrected chi connectivity index (χ3v) is 7.33. The predicted molar refractivity (Wildman–Crippen MR) is 159 cm³/mol. The Kier molecular flexibility index (Phi) is 9.44. The molecule has 2 nitrogen and oxygen atoms in total. The maximum atomic E-state index is 5.78. The van der Waals surface area contributed by atoms with Gasteiger partial charge in [0.25, 0.3) is 0 Å². The van der Waals surface area contributed by atoms with Gasteiger partial charge in [-0.3, -0.25) is 0 Å². The van der Waals surface area contributed by atoms with Crippen molar-refractivity contribution in [1.82, 2.24) is 0 Å². The van der Waals surface area contributed by atoms with Crippen LogP contribution in [0.15, 0.2) is 130 Å². The monoisotopic (exact) mass is 740 g/mol. The Morgan fingerprint density at radius 1 is 0.488 bits per heavy atom. The van der Waals surface area contributed by atoms with Crippen LogP contribution in [0.4, 0.5) is 0 Å². The molecule has 6 aromatic carbocycles. The summed E-state index contributed by atoms with van der Waals surface area (Å²) in [6.45, 7) is 3.96. The zero-order valence-electron chi connectivity index (χ0n) is 22.6. The summed E-state index contributed by atoms with van der Waals surface area (Å²) < 4.78 is 11.6. The van der Waals surface area contributed by atoms with Crippen molar-refractivity contribution in [2.75, 3.05) is 0 Å². The second-order valence-corrected chi connectivity index (χ2v) is 9.82. The molecule has 2 aromatic heterocycles. The van der Waals surface area contributed by atoms with Crippen molar-refractivity contribution in [2.24, 2.45) is 0 Å². The van der Waals surface area contributed by atoms with E-state index in [0.29, 0.717) is 0 Å². The molecule has 0 spiro atoms. The zero-order chi connectivity index (χ0) is 25.6. The summed E-state index contributed by atoms with van der Waals surface area (Å²) in [5.41, 5.74) is 2.36. The van der Waals surface area contributed by atoms with Crippen molar-refractivity contribution in [3.8, 4) is 22.6 Å². The number of hydrogen-bond donors (Lipinski definition) is 0. The Labute approximate surface area is 270 Å². The van der Waals surface area contributed by atoms with Crippen molar-refractivity contribution in [2.45, 2.75) is 13.8 Å². The molecule has 0 saturated heterocycles. The molecule has 2 heterocycles. The topological polar surface area (TPSA) is 26.3 Å². The Hall–Kier alpha value is -3.37. The molecule has 0 amide bonds. The van der Waals surface area contributed by atoms with Gasteiger partial charge in [0.05, 0.1) is 23.0 Å². The molecule has 0 N–H and O–H groups in total. The van der Waals surface area contributed by atoms with Gasteiger partial charge >= 0.3 is 25.8 Å². The molecule has 0 atom stereocenters. The van der Waals surface area contributed by atoms with E-state index < -0.39 is 0 Å². The molecule has 41 heavy (non-hydrogen) atoms. The second kappa shape index (κ2) is 12.7. The van der Waals surface area contributed by atoms with Crippen LogP contribution in [-0.4, -0.2) is 0 Å². The predicted octanol–water partition coefficient (Wildman–Crippen LogP) is 4.57. The molecule has 0 saturated carbocycles. The zero-order valence-corrected chi connectivity index (χ0v) is 27.7. The third kappa shape index (κ3) is 5.59. The average Bonchev–Trinajstić information content (AvgIpc) is 3.75. The molecule has 0 radical (unpaired) electrons. The van der Waals surface area contributed by atoms with Gasteiger partial charge in [-0.25, -0.2) is 0 Å². The Balaban J connectivity index is 0.000000176. The van der Waals surface area contributed by atoms with Crippen LogP contribution in [0.5, 0.6) is 0 Å². The summed E-state index contributed by atoms with van der Waals surface area (Å²) in [6.07, 6.45) is 0. The van der Waals surface area contributed by atoms with E-state index in [2.05, 4.69) is 97.1 Å². The van der Waals surface area contributed by atoms with Gasteiger partial charge in [-0.05, 0) is 48.9 Å². The van der Waals surface area contributed by atoms with Crippen LogP contribution >= 0.6 is 0 Å². The first-order valence-electron chi connectivity index (χ1n) is 12.9. The van der Waals surface area contributed by atoms with Crippen LogP contribution in [0, 0.1) is 13.8 Å². The summed E-state index contributed by atoms with van der Waals surface area (Å²) in [6, 6.07) is 42.4. The van der Waals surface area contributed by atoms with Crippen LogP contribution in [0.1, 0.15) is 11.5 Å². The Bertz CT molecular complexity index is 1920. The van der Waals surface area contributed by atoms with Crippen LogP contribution in [-0.2, 0) is 25.8 Å². The van der Waals surface area contributed by atoms with E-state index in [-0.39, 0.29) is 50.7 Å². The van der Waals surface area contributed by atoms with Gasteiger partial charge in [0.1, 0.15) is 0 Å². The molecule has 0 bridgehead atoms. The van der Waals surface area contributed by atoms with E-state index >= 15 is 0 Å². The molecule has 8 aromatic rings. The summed E-state index contributed by atoms with van der Waals surface area (Å²) in [5.74, 6) is 3.79. The normalized spacial score (nSPS) is 10.6. The first kappa shape index (κ1) is 30.6. The smallest absolute Gasteiger partial charge is 1.00 e. The average molecular weight is 740 g/mol. The summed E-state index contributed by atoms with van der Waals surface area (Å²) in [7, 11) is 0. The molecule has 0 aliphatic rings. The van der Waals surface area contributed by atoms with E-state index in [0.717, 1.165) is 23.0 Å². The maximum absolute atomic E-state index is 5.78. The van der Waals surface area contributed by atoms with Gasteiger partial charge in [-0.1, -0.05) is 82.6 Å². The van der Waals surface area contributed by atoms with E-state index in [4.69, 9.17) is 8.83 Å². The molecular weight excluding hydrogens is 714 g/mol. The minimum Gasteiger partial charge on any atom is -1.00 e. The number of benzene rings is 4. The van der Waals surface area contributed by atoms with E-state index in [9.17, 15) is 0 Å². The summed E-state index contributed by atoms with van der Waals surface area (Å²) >= 11 is 0. The van der Waals surface area contributed by atoms with Crippen molar-refractivity contribution in [3.63, 3.8) is 0 Å². The molecule has 0 aliphatic carbocycles. The number of halogens is 2. The number of aryl methyl sites for hydroxylation is 2. The minimum absolute atomic E-state index is 0. The first-order valence-corrected chi connectivity index (χ1v) is 12.9. The summed E-state index contributed by atoms with van der Waals surface area (Å²) in [4.78, 5) is 0. The van der Waals surface area contributed by atoms with Crippen molar-refractivity contribution >= 4 is 43.1 Å². The van der Waals surface area contributed by atoms with Gasteiger partial charge in [0.2, 0.25) is 0 Å². The number of furan rings is 2. The van der Waals surface area contributed by atoms with Gasteiger partial charge in [-0.2, -0.15) is 0 Å². The molecule has 0 aliphatic heterocycles. The van der Waals surface area contributed by atoms with Crippen molar-refractivity contribution in [3.05, 3.63) is 133 Å². The fourth-order valence-electron chi connectivity index (χ4n) is 5.54. The van der Waals surface area contributed by atoms with Crippen LogP contribution in [0.2, 0.25) is 0 Å². The SMILES string of the molecule is Cc1ccc(-c2c[cH-]c3ccc4ccccc4c23)o1.Cc1ccc(-c2c[cH-]c3ccc4ccccc4c23)o1.[Cl-].[Cl-].[Hf+4]. The summed E-state index contributed by atoms with van der Waals surface area (Å²) in [5, 5.41) is 10.2. The van der Waals surface area contributed by atoms with Gasteiger partial charge < -0.3 is 33.6 Å². The van der Waals surface area contributed by atoms with E-state index in [1.807, 2.05) is 38.1 Å². The fourth-order valence-corrected chi connectivity index (χ4v) is 5.54. The molecule has 0 unspecified atom stereocenters. The quantitative estimate of drug-likeness (QED) is 0.192. The van der Waals surface area contributed by atoms with Gasteiger partial charge in [0.15, 0.2) is 0 Å². The van der Waals surface area contributed by atoms with E-state index in [1.165, 1.54) is 54.2 Å². The van der Waals surface area contributed by atoms with Crippen molar-refractivity contribution < 1.29 is 59.5 Å². The van der Waals surface area contributed by atoms with Gasteiger partial charge in [-0.15, -0.1) is 57.9 Å². The Morgan fingerprint density at radius 2 is 0.902 bits per heavy atom. The minimum atomic E-state index is 0. The number of fused-ring (bicyclic) bond motifs is 6. The molecule has 5 heteroatoms. The molecule has 200 valence electrons. The van der Waals surface area contributed by atoms with Gasteiger partial charge in [0, 0.05) is 0 Å². The largest absolute Gasteiger partial charge is 4.00 e. The standard InChI is InChI=1S/2C18H13O.2ClH.Hf/c2*1-12-6-11-17(19-12)16-10-9-14-8-7-13-4-2-3-5-15(13)18(14)16;;;/h2*2-11H,1H3;2*1H;/q2*-1;;;+4/p-2. The molecule has 8 rings (SSSR count). The van der Waals surface area contributed by atoms with Crippen molar-refractivity contribution in [1.29, 1.82) is 0 Å². The molecular formula is C36H26Cl2HfO2.